The number of methoxy groups -OCH3 is 1. The minimum Gasteiger partial charge on any atom is -0.496 e. The first kappa shape index (κ1) is 16.3. The van der Waals surface area contributed by atoms with Crippen molar-refractivity contribution in [1.29, 1.82) is 0 Å². The van der Waals surface area contributed by atoms with Crippen LogP contribution < -0.4 is 10.1 Å². The van der Waals surface area contributed by atoms with Crippen molar-refractivity contribution in [2.24, 2.45) is 0 Å². The Kier molecular flexibility index (Phi) is 4.64. The lowest BCUT2D eigenvalue weighted by atomic mass is 9.93. The van der Waals surface area contributed by atoms with Crippen LogP contribution in [0, 0.1) is 0 Å². The van der Waals surface area contributed by atoms with E-state index < -0.39 is 0 Å². The van der Waals surface area contributed by atoms with Crippen LogP contribution in [0.15, 0.2) is 24.3 Å². The fourth-order valence-corrected chi connectivity index (χ4v) is 3.43. The van der Waals surface area contributed by atoms with Crippen LogP contribution in [-0.4, -0.2) is 30.4 Å². The molecule has 2 atom stereocenters. The normalized spacial score (nSPS) is 24.8. The van der Waals surface area contributed by atoms with Crippen molar-refractivity contribution in [2.75, 3.05) is 7.11 Å². The summed E-state index contributed by atoms with van der Waals surface area (Å²) in [5.41, 5.74) is 1.07. The van der Waals surface area contributed by atoms with Gasteiger partial charge >= 0.3 is 0 Å². The number of hydrogen-bond acceptors (Lipinski definition) is 3. The SMILES string of the molecule is COc1ccccc1CC(C)NC1CC(C)(C)OC1(C)C. The predicted octanol–water partition coefficient (Wildman–Crippen LogP) is 3.56. The van der Waals surface area contributed by atoms with Crippen molar-refractivity contribution in [3.05, 3.63) is 29.8 Å². The van der Waals surface area contributed by atoms with Gasteiger partial charge in [0.1, 0.15) is 5.75 Å². The number of nitrogens with one attached hydrogen (secondary N) is 1. The van der Waals surface area contributed by atoms with Gasteiger partial charge in [-0.2, -0.15) is 0 Å². The smallest absolute Gasteiger partial charge is 0.122 e. The van der Waals surface area contributed by atoms with Gasteiger partial charge < -0.3 is 14.8 Å². The number of para-hydroxylation sites is 1. The maximum Gasteiger partial charge on any atom is 0.122 e. The van der Waals surface area contributed by atoms with E-state index in [1.54, 1.807) is 7.11 Å². The average Bonchev–Trinajstić information content (AvgIpc) is 2.57. The Hall–Kier alpha value is -1.06. The Labute approximate surface area is 129 Å². The molecule has 1 N–H and O–H groups in total. The molecule has 1 saturated heterocycles. The molecule has 0 radical (unpaired) electrons. The van der Waals surface area contributed by atoms with Gasteiger partial charge in [-0.25, -0.2) is 0 Å². The molecule has 0 bridgehead atoms. The zero-order valence-electron chi connectivity index (χ0n) is 14.2. The molecule has 1 fully saturated rings. The van der Waals surface area contributed by atoms with Gasteiger partial charge in [0.05, 0.1) is 18.3 Å². The summed E-state index contributed by atoms with van der Waals surface area (Å²) in [6.07, 6.45) is 1.99. The molecule has 1 aliphatic heterocycles. The summed E-state index contributed by atoms with van der Waals surface area (Å²) in [4.78, 5) is 0. The molecule has 1 aromatic rings. The third-order valence-corrected chi connectivity index (χ3v) is 4.28. The van der Waals surface area contributed by atoms with E-state index in [9.17, 15) is 0 Å². The monoisotopic (exact) mass is 291 g/mol. The molecule has 3 heteroatoms. The summed E-state index contributed by atoms with van der Waals surface area (Å²) in [7, 11) is 1.73. The topological polar surface area (TPSA) is 30.5 Å². The summed E-state index contributed by atoms with van der Waals surface area (Å²) in [6.45, 7) is 10.9. The van der Waals surface area contributed by atoms with Crippen molar-refractivity contribution in [1.82, 2.24) is 5.32 Å². The summed E-state index contributed by atoms with van der Waals surface area (Å²) in [6, 6.07) is 8.98. The van der Waals surface area contributed by atoms with Gasteiger partial charge in [-0.3, -0.25) is 0 Å². The van der Waals surface area contributed by atoms with Crippen LogP contribution in [0.1, 0.15) is 46.6 Å². The largest absolute Gasteiger partial charge is 0.496 e. The quantitative estimate of drug-likeness (QED) is 0.899. The van der Waals surface area contributed by atoms with Crippen molar-refractivity contribution in [3.63, 3.8) is 0 Å². The van der Waals surface area contributed by atoms with Crippen LogP contribution in [0.4, 0.5) is 0 Å². The molecular formula is C18H29NO2. The molecule has 0 amide bonds. The van der Waals surface area contributed by atoms with Crippen LogP contribution in [0.25, 0.3) is 0 Å². The number of rotatable bonds is 5. The van der Waals surface area contributed by atoms with Crippen LogP contribution in [0.5, 0.6) is 5.75 Å². The Balaban J connectivity index is 2.00. The minimum absolute atomic E-state index is 0.0503. The highest BCUT2D eigenvalue weighted by atomic mass is 16.5. The van der Waals surface area contributed by atoms with E-state index in [4.69, 9.17) is 9.47 Å². The summed E-state index contributed by atoms with van der Waals surface area (Å²) in [5.74, 6) is 0.966. The molecule has 0 aliphatic carbocycles. The first-order valence-corrected chi connectivity index (χ1v) is 7.81. The molecule has 3 nitrogen and oxygen atoms in total. The maximum absolute atomic E-state index is 6.16. The second-order valence-corrected chi connectivity index (χ2v) is 7.31. The first-order chi connectivity index (χ1) is 9.73. The van der Waals surface area contributed by atoms with Crippen LogP contribution in [0.2, 0.25) is 0 Å². The molecule has 21 heavy (non-hydrogen) atoms. The molecule has 2 unspecified atom stereocenters. The standard InChI is InChI=1S/C18H29NO2/c1-13(11-14-9-7-8-10-15(14)20-6)19-16-12-17(2,3)21-18(16,4)5/h7-10,13,16,19H,11-12H2,1-6H3. The van der Waals surface area contributed by atoms with E-state index in [0.717, 1.165) is 18.6 Å². The lowest BCUT2D eigenvalue weighted by Gasteiger charge is -2.30. The van der Waals surface area contributed by atoms with Crippen molar-refractivity contribution in [2.45, 2.75) is 70.7 Å². The van der Waals surface area contributed by atoms with Crippen molar-refractivity contribution in [3.8, 4) is 5.75 Å². The van der Waals surface area contributed by atoms with Crippen LogP contribution >= 0.6 is 0 Å². The molecule has 1 heterocycles. The Morgan fingerprint density at radius 1 is 1.29 bits per heavy atom. The third kappa shape index (κ3) is 3.98. The highest BCUT2D eigenvalue weighted by Gasteiger charge is 2.45. The van der Waals surface area contributed by atoms with Crippen molar-refractivity contribution < 1.29 is 9.47 Å². The average molecular weight is 291 g/mol. The highest BCUT2D eigenvalue weighted by molar-refractivity contribution is 5.33. The highest BCUT2D eigenvalue weighted by Crippen LogP contribution is 2.37. The van der Waals surface area contributed by atoms with Gasteiger partial charge in [-0.1, -0.05) is 18.2 Å². The zero-order valence-corrected chi connectivity index (χ0v) is 14.2. The van der Waals surface area contributed by atoms with Gasteiger partial charge in [0.25, 0.3) is 0 Å². The number of benzene rings is 1. The van der Waals surface area contributed by atoms with Crippen LogP contribution in [0.3, 0.4) is 0 Å². The third-order valence-electron chi connectivity index (χ3n) is 4.28. The second-order valence-electron chi connectivity index (χ2n) is 7.31. The van der Waals surface area contributed by atoms with Crippen LogP contribution in [-0.2, 0) is 11.2 Å². The molecule has 0 saturated carbocycles. The Bertz CT molecular complexity index is 482. The predicted molar refractivity (Wildman–Crippen MR) is 86.9 cm³/mol. The van der Waals surface area contributed by atoms with Gasteiger partial charge in [0.15, 0.2) is 0 Å². The minimum atomic E-state index is -0.126. The van der Waals surface area contributed by atoms with E-state index >= 15 is 0 Å². The molecule has 118 valence electrons. The van der Waals surface area contributed by atoms with Gasteiger partial charge in [0.2, 0.25) is 0 Å². The van der Waals surface area contributed by atoms with E-state index in [1.807, 2.05) is 12.1 Å². The molecule has 1 aromatic carbocycles. The molecule has 2 rings (SSSR count). The number of ether oxygens (including phenoxy) is 2. The van der Waals surface area contributed by atoms with E-state index in [1.165, 1.54) is 5.56 Å². The summed E-state index contributed by atoms with van der Waals surface area (Å²) >= 11 is 0. The lowest BCUT2D eigenvalue weighted by Crippen LogP contribution is -2.47. The van der Waals surface area contributed by atoms with Gasteiger partial charge in [0, 0.05) is 12.1 Å². The van der Waals surface area contributed by atoms with Gasteiger partial charge in [-0.05, 0) is 59.1 Å². The Morgan fingerprint density at radius 2 is 1.95 bits per heavy atom. The van der Waals surface area contributed by atoms with E-state index in [2.05, 4.69) is 52.1 Å². The Morgan fingerprint density at radius 3 is 2.52 bits per heavy atom. The molecule has 1 aliphatic rings. The molecule has 0 spiro atoms. The fourth-order valence-electron chi connectivity index (χ4n) is 3.43. The number of hydrogen-bond donors (Lipinski definition) is 1. The summed E-state index contributed by atoms with van der Waals surface area (Å²) in [5, 5.41) is 3.74. The second kappa shape index (κ2) is 5.98. The van der Waals surface area contributed by atoms with Gasteiger partial charge in [-0.15, -0.1) is 0 Å². The molecular weight excluding hydrogens is 262 g/mol. The summed E-state index contributed by atoms with van der Waals surface area (Å²) < 4.78 is 11.6. The molecule has 0 aromatic heterocycles. The first-order valence-electron chi connectivity index (χ1n) is 7.81. The van der Waals surface area contributed by atoms with Crippen molar-refractivity contribution >= 4 is 0 Å². The fraction of sp³-hybridized carbons (Fsp3) is 0.667. The van der Waals surface area contributed by atoms with E-state index in [0.29, 0.717) is 12.1 Å². The van der Waals surface area contributed by atoms with E-state index in [-0.39, 0.29) is 11.2 Å². The zero-order chi connectivity index (χ0) is 15.7. The maximum atomic E-state index is 6.16. The lowest BCUT2D eigenvalue weighted by molar-refractivity contribution is -0.0703.